The number of benzene rings is 2. The Balaban J connectivity index is 2.12. The van der Waals surface area contributed by atoms with Gasteiger partial charge in [-0.3, -0.25) is 9.59 Å². The molecule has 0 aromatic heterocycles. The third-order valence-electron chi connectivity index (χ3n) is 5.08. The maximum atomic E-state index is 13.3. The zero-order valence-corrected chi connectivity index (χ0v) is 20.4. The summed E-state index contributed by atoms with van der Waals surface area (Å²) in [6.45, 7) is 9.15. The van der Waals surface area contributed by atoms with Crippen molar-refractivity contribution in [3.8, 4) is 0 Å². The molecule has 0 saturated heterocycles. The van der Waals surface area contributed by atoms with Gasteiger partial charge >= 0.3 is 0 Å². The molecule has 4 nitrogen and oxygen atoms in total. The molecule has 0 aliphatic rings. The first-order valence-corrected chi connectivity index (χ1v) is 12.3. The highest BCUT2D eigenvalue weighted by atomic mass is 35.5. The van der Waals surface area contributed by atoms with Crippen molar-refractivity contribution in [3.63, 3.8) is 0 Å². The van der Waals surface area contributed by atoms with Crippen LogP contribution in [0.3, 0.4) is 0 Å². The summed E-state index contributed by atoms with van der Waals surface area (Å²) in [6.07, 6.45) is 0.573. The molecule has 6 heteroatoms. The zero-order chi connectivity index (χ0) is 22.8. The highest BCUT2D eigenvalue weighted by Gasteiger charge is 2.28. The zero-order valence-electron chi connectivity index (χ0n) is 18.9. The van der Waals surface area contributed by atoms with Gasteiger partial charge in [0.15, 0.2) is 0 Å². The Morgan fingerprint density at radius 3 is 2.39 bits per heavy atom. The number of amides is 2. The molecule has 0 aliphatic heterocycles. The first-order chi connectivity index (χ1) is 14.8. The number of carbonyl (C=O) groups is 2. The molecule has 0 heterocycles. The van der Waals surface area contributed by atoms with Gasteiger partial charge in [-0.25, -0.2) is 0 Å². The van der Waals surface area contributed by atoms with Crippen LogP contribution in [-0.4, -0.2) is 35.1 Å². The predicted molar refractivity (Wildman–Crippen MR) is 131 cm³/mol. The van der Waals surface area contributed by atoms with Gasteiger partial charge in [-0.1, -0.05) is 68.8 Å². The maximum absolute atomic E-state index is 13.3. The molecule has 0 spiro atoms. The minimum atomic E-state index is -0.484. The number of nitrogens with zero attached hydrogens (tertiary/aromatic N) is 1. The number of hydrogen-bond acceptors (Lipinski definition) is 3. The Morgan fingerprint density at radius 2 is 1.77 bits per heavy atom. The lowest BCUT2D eigenvalue weighted by molar-refractivity contribution is -0.139. The molecule has 1 atom stereocenters. The van der Waals surface area contributed by atoms with E-state index in [2.05, 4.69) is 19.2 Å². The van der Waals surface area contributed by atoms with E-state index in [0.29, 0.717) is 36.2 Å². The first kappa shape index (κ1) is 25.3. The van der Waals surface area contributed by atoms with Crippen LogP contribution in [0.2, 0.25) is 5.02 Å². The van der Waals surface area contributed by atoms with E-state index in [-0.39, 0.29) is 11.8 Å². The topological polar surface area (TPSA) is 49.4 Å². The van der Waals surface area contributed by atoms with E-state index in [4.69, 9.17) is 11.6 Å². The molecular formula is C25H33ClN2O2S. The van der Waals surface area contributed by atoms with Crippen molar-refractivity contribution in [2.75, 3.05) is 12.3 Å². The molecule has 2 rings (SSSR count). The second-order valence-electron chi connectivity index (χ2n) is 8.13. The summed E-state index contributed by atoms with van der Waals surface area (Å²) in [6, 6.07) is 15.2. The summed E-state index contributed by atoms with van der Waals surface area (Å²) < 4.78 is 0. The van der Waals surface area contributed by atoms with Gasteiger partial charge < -0.3 is 10.2 Å². The van der Waals surface area contributed by atoms with Crippen molar-refractivity contribution in [1.82, 2.24) is 10.2 Å². The number of nitrogens with one attached hydrogen (secondary N) is 1. The largest absolute Gasteiger partial charge is 0.354 e. The van der Waals surface area contributed by atoms with Gasteiger partial charge in [0.1, 0.15) is 6.04 Å². The predicted octanol–water partition coefficient (Wildman–Crippen LogP) is 5.46. The summed E-state index contributed by atoms with van der Waals surface area (Å²) in [7, 11) is 0. The average molecular weight is 461 g/mol. The fraction of sp³-hybridized carbons (Fsp3) is 0.440. The summed E-state index contributed by atoms with van der Waals surface area (Å²) in [4.78, 5) is 27.9. The fourth-order valence-corrected chi connectivity index (χ4v) is 4.23. The number of rotatable bonds is 11. The molecule has 2 aromatic rings. The van der Waals surface area contributed by atoms with Crippen molar-refractivity contribution >= 4 is 35.2 Å². The lowest BCUT2D eigenvalue weighted by Gasteiger charge is -2.31. The Kier molecular flexibility index (Phi) is 10.4. The molecule has 1 N–H and O–H groups in total. The molecule has 31 heavy (non-hydrogen) atoms. The van der Waals surface area contributed by atoms with Crippen molar-refractivity contribution in [1.29, 1.82) is 0 Å². The number of aryl methyl sites for hydroxylation is 1. The third-order valence-corrected chi connectivity index (χ3v) is 6.32. The number of carbonyl (C=O) groups excluding carboxylic acids is 2. The standard InChI is InChI=1S/C25H33ClN2O2S/c1-5-23(25(30)27-14-18(2)3)28(15-21-9-7-6-8-19(21)4)24(29)17-31-16-20-10-12-22(26)13-11-20/h6-13,18,23H,5,14-17H2,1-4H3,(H,27,30)/t23-/m1/s1. The quantitative estimate of drug-likeness (QED) is 0.484. The van der Waals surface area contributed by atoms with E-state index in [0.717, 1.165) is 22.4 Å². The summed E-state index contributed by atoms with van der Waals surface area (Å²) in [5.74, 6) is 1.30. The molecule has 0 fully saturated rings. The van der Waals surface area contributed by atoms with E-state index < -0.39 is 6.04 Å². The van der Waals surface area contributed by atoms with Gasteiger partial charge in [0.25, 0.3) is 0 Å². The Bertz CT molecular complexity index is 855. The Labute approximate surface area is 195 Å². The van der Waals surface area contributed by atoms with Crippen molar-refractivity contribution in [2.24, 2.45) is 5.92 Å². The van der Waals surface area contributed by atoms with Gasteiger partial charge in [0.05, 0.1) is 5.75 Å². The summed E-state index contributed by atoms with van der Waals surface area (Å²) in [5, 5.41) is 3.71. The van der Waals surface area contributed by atoms with Crippen LogP contribution in [0.15, 0.2) is 48.5 Å². The molecule has 2 amide bonds. The number of thioether (sulfide) groups is 1. The van der Waals surface area contributed by atoms with E-state index in [1.165, 1.54) is 0 Å². The van der Waals surface area contributed by atoms with E-state index >= 15 is 0 Å². The van der Waals surface area contributed by atoms with Crippen LogP contribution >= 0.6 is 23.4 Å². The highest BCUT2D eigenvalue weighted by molar-refractivity contribution is 7.99. The van der Waals surface area contributed by atoms with E-state index in [1.807, 2.05) is 62.4 Å². The molecule has 0 radical (unpaired) electrons. The average Bonchev–Trinajstić information content (AvgIpc) is 2.74. The SMILES string of the molecule is CC[C@H](C(=O)NCC(C)C)N(Cc1ccccc1C)C(=O)CSCc1ccc(Cl)cc1. The molecule has 0 aliphatic carbocycles. The van der Waals surface area contributed by atoms with Gasteiger partial charge in [-0.05, 0) is 48.1 Å². The Morgan fingerprint density at radius 1 is 1.10 bits per heavy atom. The smallest absolute Gasteiger partial charge is 0.242 e. The minimum Gasteiger partial charge on any atom is -0.354 e. The van der Waals surface area contributed by atoms with Gasteiger partial charge in [0, 0.05) is 23.9 Å². The van der Waals surface area contributed by atoms with Crippen molar-refractivity contribution < 1.29 is 9.59 Å². The fourth-order valence-electron chi connectivity index (χ4n) is 3.23. The van der Waals surface area contributed by atoms with Gasteiger partial charge in [0.2, 0.25) is 11.8 Å². The van der Waals surface area contributed by atoms with Crippen molar-refractivity contribution in [3.05, 3.63) is 70.2 Å². The molecule has 0 unspecified atom stereocenters. The summed E-state index contributed by atoms with van der Waals surface area (Å²) in [5.41, 5.74) is 3.30. The maximum Gasteiger partial charge on any atom is 0.242 e. The monoisotopic (exact) mass is 460 g/mol. The van der Waals surface area contributed by atoms with Gasteiger partial charge in [-0.15, -0.1) is 11.8 Å². The lowest BCUT2D eigenvalue weighted by Crippen LogP contribution is -2.50. The third kappa shape index (κ3) is 8.23. The number of halogens is 1. The van der Waals surface area contributed by atoms with Crippen LogP contribution in [0.5, 0.6) is 0 Å². The second kappa shape index (κ2) is 12.8. The number of hydrogen-bond donors (Lipinski definition) is 1. The van der Waals surface area contributed by atoms with Crippen LogP contribution in [0.25, 0.3) is 0 Å². The molecule has 168 valence electrons. The van der Waals surface area contributed by atoms with E-state index in [1.54, 1.807) is 16.7 Å². The van der Waals surface area contributed by atoms with Crippen LogP contribution in [0.1, 0.15) is 43.9 Å². The molecule has 0 saturated carbocycles. The van der Waals surface area contributed by atoms with Crippen LogP contribution < -0.4 is 5.32 Å². The highest BCUT2D eigenvalue weighted by Crippen LogP contribution is 2.19. The lowest BCUT2D eigenvalue weighted by atomic mass is 10.1. The molecule has 2 aromatic carbocycles. The molecular weight excluding hydrogens is 428 g/mol. The van der Waals surface area contributed by atoms with Gasteiger partial charge in [-0.2, -0.15) is 0 Å². The Hall–Kier alpha value is -1.98. The van der Waals surface area contributed by atoms with Crippen LogP contribution in [0.4, 0.5) is 0 Å². The minimum absolute atomic E-state index is 0.0197. The van der Waals surface area contributed by atoms with Crippen LogP contribution in [0, 0.1) is 12.8 Å². The first-order valence-electron chi connectivity index (χ1n) is 10.8. The molecule has 0 bridgehead atoms. The normalized spacial score (nSPS) is 11.9. The van der Waals surface area contributed by atoms with Crippen molar-refractivity contribution in [2.45, 2.75) is 52.5 Å². The van der Waals surface area contributed by atoms with E-state index in [9.17, 15) is 9.59 Å². The second-order valence-corrected chi connectivity index (χ2v) is 9.55. The van der Waals surface area contributed by atoms with Crippen LogP contribution in [-0.2, 0) is 21.9 Å². The summed E-state index contributed by atoms with van der Waals surface area (Å²) >= 11 is 7.50.